The minimum Gasteiger partial charge on any atom is -0.444 e. The van der Waals surface area contributed by atoms with Gasteiger partial charge in [0.1, 0.15) is 5.60 Å². The Morgan fingerprint density at radius 2 is 1.79 bits per heavy atom. The largest absolute Gasteiger partial charge is 0.444 e. The van der Waals surface area contributed by atoms with Crippen LogP contribution in [0, 0.1) is 0 Å². The summed E-state index contributed by atoms with van der Waals surface area (Å²) in [6.07, 6.45) is 5.43. The Morgan fingerprint density at radius 1 is 1.06 bits per heavy atom. The van der Waals surface area contributed by atoms with Gasteiger partial charge in [0, 0.05) is 48.7 Å². The maximum atomic E-state index is 12.8. The van der Waals surface area contributed by atoms with E-state index in [9.17, 15) is 14.4 Å². The Kier molecular flexibility index (Phi) is 5.14. The van der Waals surface area contributed by atoms with E-state index in [1.807, 2.05) is 44.0 Å². The number of fused-ring (bicyclic) bond motifs is 3. The van der Waals surface area contributed by atoms with Crippen LogP contribution in [0.2, 0.25) is 0 Å². The lowest BCUT2D eigenvalue weighted by atomic mass is 10.1. The monoisotopic (exact) mass is 451 g/mol. The summed E-state index contributed by atoms with van der Waals surface area (Å²) < 4.78 is 5.66. The van der Waals surface area contributed by atoms with Gasteiger partial charge in [-0.1, -0.05) is 12.1 Å². The van der Waals surface area contributed by atoms with Gasteiger partial charge in [-0.15, -0.1) is 0 Å². The Balaban J connectivity index is 1.43. The number of nitrogens with one attached hydrogen (secondary N) is 1. The molecule has 3 fully saturated rings. The predicted octanol–water partition coefficient (Wildman–Crippen LogP) is 3.27. The van der Waals surface area contributed by atoms with Gasteiger partial charge >= 0.3 is 12.1 Å². The first-order valence-electron chi connectivity index (χ1n) is 11.5. The van der Waals surface area contributed by atoms with Crippen molar-refractivity contribution >= 4 is 40.2 Å². The third-order valence-corrected chi connectivity index (χ3v) is 6.53. The lowest BCUT2D eigenvalue weighted by molar-refractivity contribution is -0.120. The summed E-state index contributed by atoms with van der Waals surface area (Å²) in [5.74, 6) is -0.261. The van der Waals surface area contributed by atoms with Crippen LogP contribution in [-0.2, 0) is 9.53 Å². The number of anilines is 2. The van der Waals surface area contributed by atoms with Gasteiger partial charge in [0.25, 0.3) is 0 Å². The van der Waals surface area contributed by atoms with Crippen LogP contribution in [0.15, 0.2) is 30.6 Å². The van der Waals surface area contributed by atoms with E-state index in [2.05, 4.69) is 21.3 Å². The van der Waals surface area contributed by atoms with Crippen LogP contribution < -0.4 is 15.1 Å². The van der Waals surface area contributed by atoms with Gasteiger partial charge in [0.2, 0.25) is 5.91 Å². The van der Waals surface area contributed by atoms with E-state index in [0.717, 1.165) is 42.4 Å². The summed E-state index contributed by atoms with van der Waals surface area (Å²) in [4.78, 5) is 47.1. The van der Waals surface area contributed by atoms with Crippen molar-refractivity contribution in [3.05, 3.63) is 30.6 Å². The molecule has 4 amide bonds. The van der Waals surface area contributed by atoms with Gasteiger partial charge in [-0.05, 0) is 39.7 Å². The average molecular weight is 452 g/mol. The molecule has 174 valence electrons. The first kappa shape index (κ1) is 21.5. The molecule has 2 unspecified atom stereocenters. The van der Waals surface area contributed by atoms with Crippen molar-refractivity contribution in [2.45, 2.75) is 57.7 Å². The van der Waals surface area contributed by atoms with Crippen molar-refractivity contribution in [1.82, 2.24) is 15.2 Å². The molecule has 33 heavy (non-hydrogen) atoms. The highest BCUT2D eigenvalue weighted by molar-refractivity contribution is 6.11. The highest BCUT2D eigenvalue weighted by Gasteiger charge is 2.44. The molecule has 3 saturated heterocycles. The summed E-state index contributed by atoms with van der Waals surface area (Å²) in [6.45, 7) is 7.44. The maximum Gasteiger partial charge on any atom is 0.410 e. The molecule has 3 aliphatic rings. The standard InChI is InChI=1S/C24H29N5O4/c1-24(2,3)33-23(32)29-15-7-8-16(29)14-27(13-15)19-6-4-5-17-18(19)11-25-12-20(17)28-10-9-21(30)26-22(28)31/h4-6,11-12,15-16H,7-10,13-14H2,1-3H3,(H,26,30,31). The molecule has 5 rings (SSSR count). The van der Waals surface area contributed by atoms with Crippen LogP contribution in [-0.4, -0.2) is 65.2 Å². The number of ether oxygens (including phenoxy) is 1. The molecule has 4 heterocycles. The first-order valence-corrected chi connectivity index (χ1v) is 11.5. The number of pyridine rings is 1. The molecule has 2 aromatic rings. The van der Waals surface area contributed by atoms with Crippen molar-refractivity contribution in [2.75, 3.05) is 29.4 Å². The zero-order chi connectivity index (χ0) is 23.3. The molecule has 0 radical (unpaired) electrons. The fourth-order valence-corrected chi connectivity index (χ4v) is 5.16. The fourth-order valence-electron chi connectivity index (χ4n) is 5.16. The Labute approximate surface area is 192 Å². The first-order chi connectivity index (χ1) is 15.7. The highest BCUT2D eigenvalue weighted by Crippen LogP contribution is 2.38. The normalized spacial score (nSPS) is 23.2. The lowest BCUT2D eigenvalue weighted by Crippen LogP contribution is -2.56. The molecule has 0 spiro atoms. The van der Waals surface area contributed by atoms with E-state index in [4.69, 9.17) is 4.74 Å². The summed E-state index contributed by atoms with van der Waals surface area (Å²) >= 11 is 0. The summed E-state index contributed by atoms with van der Waals surface area (Å²) in [7, 11) is 0. The molecule has 0 aliphatic carbocycles. The number of rotatable bonds is 2. The number of nitrogens with zero attached hydrogens (tertiary/aromatic N) is 4. The molecule has 2 bridgehead atoms. The second kappa shape index (κ2) is 7.90. The van der Waals surface area contributed by atoms with Crippen molar-refractivity contribution < 1.29 is 19.1 Å². The number of piperazine rings is 1. The van der Waals surface area contributed by atoms with Crippen molar-refractivity contribution in [1.29, 1.82) is 0 Å². The van der Waals surface area contributed by atoms with Crippen LogP contribution in [0.4, 0.5) is 21.0 Å². The van der Waals surface area contributed by atoms with Crippen molar-refractivity contribution in [2.24, 2.45) is 0 Å². The van der Waals surface area contributed by atoms with Crippen LogP contribution in [0.1, 0.15) is 40.0 Å². The zero-order valence-electron chi connectivity index (χ0n) is 19.2. The number of carbonyl (C=O) groups is 3. The van der Waals surface area contributed by atoms with E-state index < -0.39 is 11.6 Å². The molecule has 3 aliphatic heterocycles. The van der Waals surface area contributed by atoms with Gasteiger partial charge in [-0.3, -0.25) is 24.9 Å². The lowest BCUT2D eigenvalue weighted by Gasteiger charge is -2.42. The summed E-state index contributed by atoms with van der Waals surface area (Å²) in [5.41, 5.74) is 1.21. The number of aromatic nitrogens is 1. The van der Waals surface area contributed by atoms with E-state index in [1.165, 1.54) is 0 Å². The molecule has 9 heteroatoms. The molecule has 1 N–H and O–H groups in total. The number of hydrogen-bond donors (Lipinski definition) is 1. The van der Waals surface area contributed by atoms with E-state index in [1.54, 1.807) is 11.1 Å². The molecular formula is C24H29N5O4. The molecule has 1 aromatic carbocycles. The van der Waals surface area contributed by atoms with Crippen LogP contribution in [0.25, 0.3) is 10.8 Å². The molecular weight excluding hydrogens is 422 g/mol. The minimum absolute atomic E-state index is 0.101. The van der Waals surface area contributed by atoms with Crippen LogP contribution >= 0.6 is 0 Å². The minimum atomic E-state index is -0.517. The van der Waals surface area contributed by atoms with Gasteiger partial charge in [0.15, 0.2) is 0 Å². The highest BCUT2D eigenvalue weighted by atomic mass is 16.6. The quantitative estimate of drug-likeness (QED) is 0.753. The van der Waals surface area contributed by atoms with Gasteiger partial charge in [0.05, 0.1) is 24.0 Å². The maximum absolute atomic E-state index is 12.8. The van der Waals surface area contributed by atoms with Crippen LogP contribution in [0.3, 0.4) is 0 Å². The number of imide groups is 1. The fraction of sp³-hybridized carbons (Fsp3) is 0.500. The second-order valence-electron chi connectivity index (χ2n) is 9.96. The summed E-state index contributed by atoms with van der Waals surface area (Å²) in [5, 5.41) is 4.24. The Morgan fingerprint density at radius 3 is 2.45 bits per heavy atom. The van der Waals surface area contributed by atoms with Crippen molar-refractivity contribution in [3.8, 4) is 0 Å². The molecule has 2 atom stereocenters. The van der Waals surface area contributed by atoms with Gasteiger partial charge in [-0.2, -0.15) is 0 Å². The van der Waals surface area contributed by atoms with E-state index in [0.29, 0.717) is 12.2 Å². The number of hydrogen-bond acceptors (Lipinski definition) is 6. The van der Waals surface area contributed by atoms with Crippen molar-refractivity contribution in [3.63, 3.8) is 0 Å². The van der Waals surface area contributed by atoms with E-state index >= 15 is 0 Å². The SMILES string of the molecule is CC(C)(C)OC(=O)N1C2CCC1CN(c1cccc3c(N4CCC(=O)NC4=O)cncc13)C2. The third-order valence-electron chi connectivity index (χ3n) is 6.53. The Bertz CT molecular complexity index is 1110. The molecule has 9 nitrogen and oxygen atoms in total. The van der Waals surface area contributed by atoms with Gasteiger partial charge < -0.3 is 9.64 Å². The average Bonchev–Trinajstić information content (AvgIpc) is 3.02. The van der Waals surface area contributed by atoms with Gasteiger partial charge in [-0.25, -0.2) is 9.59 Å². The van der Waals surface area contributed by atoms with Crippen LogP contribution in [0.5, 0.6) is 0 Å². The number of carbonyl (C=O) groups excluding carboxylic acids is 3. The number of urea groups is 1. The molecule has 0 saturated carbocycles. The smallest absolute Gasteiger partial charge is 0.410 e. The predicted molar refractivity (Wildman–Crippen MR) is 124 cm³/mol. The zero-order valence-corrected chi connectivity index (χ0v) is 19.2. The Hall–Kier alpha value is -3.36. The summed E-state index contributed by atoms with van der Waals surface area (Å²) in [6, 6.07) is 5.81. The molecule has 1 aromatic heterocycles. The second-order valence-corrected chi connectivity index (χ2v) is 9.96. The van der Waals surface area contributed by atoms with E-state index in [-0.39, 0.29) is 30.5 Å². The number of benzene rings is 1. The third kappa shape index (κ3) is 3.96. The topological polar surface area (TPSA) is 95.1 Å². The number of amides is 4.